The molecule has 0 radical (unpaired) electrons. The zero-order valence-electron chi connectivity index (χ0n) is 10.7. The number of rotatable bonds is 2. The predicted molar refractivity (Wildman–Crippen MR) is 76.5 cm³/mol. The Labute approximate surface area is 118 Å². The minimum atomic E-state index is -1.05. The summed E-state index contributed by atoms with van der Waals surface area (Å²) in [7, 11) is 0. The van der Waals surface area contributed by atoms with Crippen molar-refractivity contribution in [3.05, 3.63) is 64.3 Å². The molecule has 0 fully saturated rings. The van der Waals surface area contributed by atoms with Gasteiger partial charge in [-0.1, -0.05) is 24.3 Å². The molecule has 5 nitrogen and oxygen atoms in total. The second-order valence-electron chi connectivity index (χ2n) is 4.49. The van der Waals surface area contributed by atoms with Crippen LogP contribution in [0.1, 0.15) is 10.4 Å². The first-order valence-electron chi connectivity index (χ1n) is 6.16. The molecule has 3 aromatic rings. The smallest absolute Gasteiger partial charge is 0.335 e. The summed E-state index contributed by atoms with van der Waals surface area (Å²) in [6, 6.07) is 12.3. The lowest BCUT2D eigenvalue weighted by atomic mass is 10.1. The second kappa shape index (κ2) is 4.79. The van der Waals surface area contributed by atoms with Crippen molar-refractivity contribution < 1.29 is 19.4 Å². The maximum atomic E-state index is 12.1. The molecule has 3 rings (SSSR count). The number of hydrogen-bond donors (Lipinski definition) is 2. The lowest BCUT2D eigenvalue weighted by Gasteiger charge is -2.06. The summed E-state index contributed by atoms with van der Waals surface area (Å²) in [6.45, 7) is 0. The van der Waals surface area contributed by atoms with Crippen LogP contribution in [-0.2, 0) is 0 Å². The highest BCUT2D eigenvalue weighted by Crippen LogP contribution is 2.29. The molecule has 104 valence electrons. The van der Waals surface area contributed by atoms with E-state index in [0.29, 0.717) is 16.5 Å². The fraction of sp³-hybridized carbons (Fsp3) is 0. The van der Waals surface area contributed by atoms with Crippen molar-refractivity contribution in [3.63, 3.8) is 0 Å². The molecule has 0 unspecified atom stereocenters. The van der Waals surface area contributed by atoms with E-state index >= 15 is 0 Å². The van der Waals surface area contributed by atoms with E-state index in [-0.39, 0.29) is 11.3 Å². The molecular formula is C16H10O5. The van der Waals surface area contributed by atoms with Gasteiger partial charge in [-0.3, -0.25) is 4.79 Å². The molecule has 1 aromatic heterocycles. The molecule has 0 saturated carbocycles. The highest BCUT2D eigenvalue weighted by molar-refractivity contribution is 5.88. The normalized spacial score (nSPS) is 10.7. The third-order valence-electron chi connectivity index (χ3n) is 3.17. The first-order valence-corrected chi connectivity index (χ1v) is 6.16. The largest absolute Gasteiger partial charge is 0.502 e. The molecule has 21 heavy (non-hydrogen) atoms. The summed E-state index contributed by atoms with van der Waals surface area (Å²) in [6.07, 6.45) is 0. The molecule has 0 aliphatic heterocycles. The SMILES string of the molecule is O=C(O)c1ccc(-c2oc3ccccc3c(=O)c2O)cc1. The molecule has 2 aromatic carbocycles. The van der Waals surface area contributed by atoms with Crippen molar-refractivity contribution in [1.82, 2.24) is 0 Å². The minimum Gasteiger partial charge on any atom is -0.502 e. The monoisotopic (exact) mass is 282 g/mol. The van der Waals surface area contributed by atoms with E-state index in [0.717, 1.165) is 0 Å². The van der Waals surface area contributed by atoms with Crippen LogP contribution in [0, 0.1) is 0 Å². The van der Waals surface area contributed by atoms with Gasteiger partial charge in [-0.2, -0.15) is 0 Å². The first kappa shape index (κ1) is 12.9. The molecule has 5 heteroatoms. The van der Waals surface area contributed by atoms with Crippen molar-refractivity contribution in [2.75, 3.05) is 0 Å². The van der Waals surface area contributed by atoms with Crippen LogP contribution >= 0.6 is 0 Å². The third kappa shape index (κ3) is 2.14. The van der Waals surface area contributed by atoms with Crippen molar-refractivity contribution in [2.24, 2.45) is 0 Å². The van der Waals surface area contributed by atoms with Crippen LogP contribution < -0.4 is 5.43 Å². The van der Waals surface area contributed by atoms with Crippen LogP contribution in [0.15, 0.2) is 57.7 Å². The van der Waals surface area contributed by atoms with E-state index in [1.165, 1.54) is 24.3 Å². The average Bonchev–Trinajstić information content (AvgIpc) is 2.51. The molecule has 0 saturated heterocycles. The Hall–Kier alpha value is -3.08. The highest BCUT2D eigenvalue weighted by Gasteiger charge is 2.15. The summed E-state index contributed by atoms with van der Waals surface area (Å²) < 4.78 is 5.56. The minimum absolute atomic E-state index is 0.0237. The fourth-order valence-electron chi connectivity index (χ4n) is 2.09. The summed E-state index contributed by atoms with van der Waals surface area (Å²) in [5.74, 6) is -1.52. The van der Waals surface area contributed by atoms with E-state index < -0.39 is 17.1 Å². The van der Waals surface area contributed by atoms with Crippen LogP contribution in [0.4, 0.5) is 0 Å². The highest BCUT2D eigenvalue weighted by atomic mass is 16.4. The second-order valence-corrected chi connectivity index (χ2v) is 4.49. The zero-order valence-corrected chi connectivity index (χ0v) is 10.7. The quantitative estimate of drug-likeness (QED) is 0.754. The number of carbonyl (C=O) groups is 1. The molecule has 0 bridgehead atoms. The maximum absolute atomic E-state index is 12.1. The fourth-order valence-corrected chi connectivity index (χ4v) is 2.09. The summed E-state index contributed by atoms with van der Waals surface area (Å²) in [5.41, 5.74) is 0.383. The molecule has 1 heterocycles. The van der Waals surface area contributed by atoms with Gasteiger partial charge in [0.05, 0.1) is 10.9 Å². The van der Waals surface area contributed by atoms with Crippen molar-refractivity contribution in [2.45, 2.75) is 0 Å². The number of fused-ring (bicyclic) bond motifs is 1. The Bertz CT molecular complexity index is 891. The lowest BCUT2D eigenvalue weighted by molar-refractivity contribution is 0.0697. The van der Waals surface area contributed by atoms with Gasteiger partial charge < -0.3 is 14.6 Å². The molecule has 0 spiro atoms. The molecule has 2 N–H and O–H groups in total. The van der Waals surface area contributed by atoms with E-state index in [4.69, 9.17) is 9.52 Å². The van der Waals surface area contributed by atoms with Gasteiger partial charge in [0.1, 0.15) is 5.58 Å². The number of aromatic hydroxyl groups is 1. The van der Waals surface area contributed by atoms with Gasteiger partial charge in [0.15, 0.2) is 5.76 Å². The number of aromatic carboxylic acids is 1. The van der Waals surface area contributed by atoms with Gasteiger partial charge in [0, 0.05) is 5.56 Å². The topological polar surface area (TPSA) is 87.7 Å². The standard InChI is InChI=1S/C16H10O5/c17-13-11-3-1-2-4-12(11)21-15(14(13)18)9-5-7-10(8-6-9)16(19)20/h1-8,18H,(H,19,20). The van der Waals surface area contributed by atoms with Gasteiger partial charge in [0.2, 0.25) is 11.2 Å². The van der Waals surface area contributed by atoms with Gasteiger partial charge in [0.25, 0.3) is 0 Å². The number of carboxylic acid groups (broad SMARTS) is 1. The van der Waals surface area contributed by atoms with Gasteiger partial charge in [-0.25, -0.2) is 4.79 Å². The van der Waals surface area contributed by atoms with E-state index in [1.807, 2.05) is 0 Å². The molecule has 0 aliphatic carbocycles. The summed E-state index contributed by atoms with van der Waals surface area (Å²) in [5, 5.41) is 19.2. The lowest BCUT2D eigenvalue weighted by Crippen LogP contribution is -2.02. The Balaban J connectivity index is 2.22. The number of hydrogen-bond acceptors (Lipinski definition) is 4. The van der Waals surface area contributed by atoms with Gasteiger partial charge in [-0.15, -0.1) is 0 Å². The maximum Gasteiger partial charge on any atom is 0.335 e. The Morgan fingerprint density at radius 3 is 2.33 bits per heavy atom. The van der Waals surface area contributed by atoms with Crippen molar-refractivity contribution >= 4 is 16.9 Å². The average molecular weight is 282 g/mol. The number of carboxylic acids is 1. The van der Waals surface area contributed by atoms with Crippen LogP contribution in [0.25, 0.3) is 22.3 Å². The third-order valence-corrected chi connectivity index (χ3v) is 3.17. The van der Waals surface area contributed by atoms with Crippen LogP contribution in [0.5, 0.6) is 5.75 Å². The van der Waals surface area contributed by atoms with Crippen LogP contribution in [-0.4, -0.2) is 16.2 Å². The summed E-state index contributed by atoms with van der Waals surface area (Å²) in [4.78, 5) is 22.9. The molecule has 0 amide bonds. The number of benzene rings is 2. The van der Waals surface area contributed by atoms with E-state index in [9.17, 15) is 14.7 Å². The number of para-hydroxylation sites is 1. The van der Waals surface area contributed by atoms with Crippen molar-refractivity contribution in [1.29, 1.82) is 0 Å². The Morgan fingerprint density at radius 2 is 1.67 bits per heavy atom. The van der Waals surface area contributed by atoms with Crippen molar-refractivity contribution in [3.8, 4) is 17.1 Å². The molecule has 0 aliphatic rings. The van der Waals surface area contributed by atoms with E-state index in [1.54, 1.807) is 24.3 Å². The van der Waals surface area contributed by atoms with Crippen LogP contribution in [0.2, 0.25) is 0 Å². The zero-order chi connectivity index (χ0) is 15.0. The molecular weight excluding hydrogens is 272 g/mol. The Kier molecular flexibility index (Phi) is 2.95. The predicted octanol–water partition coefficient (Wildman–Crippen LogP) is 2.86. The van der Waals surface area contributed by atoms with Gasteiger partial charge >= 0.3 is 5.97 Å². The Morgan fingerprint density at radius 1 is 1.00 bits per heavy atom. The molecule has 0 atom stereocenters. The van der Waals surface area contributed by atoms with Crippen LogP contribution in [0.3, 0.4) is 0 Å². The van der Waals surface area contributed by atoms with Gasteiger partial charge in [-0.05, 0) is 24.3 Å². The van der Waals surface area contributed by atoms with E-state index in [2.05, 4.69) is 0 Å². The first-order chi connectivity index (χ1) is 10.1. The summed E-state index contributed by atoms with van der Waals surface area (Å²) >= 11 is 0.